The van der Waals surface area contributed by atoms with Crippen LogP contribution >= 0.6 is 11.3 Å². The Bertz CT molecular complexity index is 1920. The molecule has 0 saturated heterocycles. The van der Waals surface area contributed by atoms with E-state index in [0.29, 0.717) is 0 Å². The van der Waals surface area contributed by atoms with Crippen molar-refractivity contribution >= 4 is 21.6 Å². The summed E-state index contributed by atoms with van der Waals surface area (Å²) in [6.07, 6.45) is 1.91. The minimum absolute atomic E-state index is 0.495. The zero-order valence-corrected chi connectivity index (χ0v) is 22.5. The van der Waals surface area contributed by atoms with Crippen LogP contribution in [0.25, 0.3) is 43.0 Å². The highest BCUT2D eigenvalue weighted by Gasteiger charge is 2.47. The van der Waals surface area contributed by atoms with Crippen LogP contribution in [0.15, 0.2) is 146 Å². The monoisotopic (exact) mass is 528 g/mol. The first-order valence-corrected chi connectivity index (χ1v) is 14.3. The Hall–Kier alpha value is -4.86. The molecule has 0 fully saturated rings. The molecule has 3 heteroatoms. The molecule has 2 nitrogen and oxygen atoms in total. The fourth-order valence-corrected chi connectivity index (χ4v) is 7.24. The van der Waals surface area contributed by atoms with Crippen molar-refractivity contribution in [1.29, 1.82) is 0 Å². The van der Waals surface area contributed by atoms with Crippen LogP contribution in [0.3, 0.4) is 0 Å². The number of rotatable bonds is 4. The van der Waals surface area contributed by atoms with Gasteiger partial charge in [0.05, 0.1) is 21.3 Å². The highest BCUT2D eigenvalue weighted by Crippen LogP contribution is 2.56. The highest BCUT2D eigenvalue weighted by atomic mass is 32.1. The molecular formula is C37H24N2S. The fourth-order valence-electron chi connectivity index (χ4n) is 6.27. The van der Waals surface area contributed by atoms with Crippen molar-refractivity contribution in [2.45, 2.75) is 5.41 Å². The van der Waals surface area contributed by atoms with Gasteiger partial charge in [0, 0.05) is 11.8 Å². The van der Waals surface area contributed by atoms with Crippen molar-refractivity contribution in [1.82, 2.24) is 9.97 Å². The van der Waals surface area contributed by atoms with Crippen LogP contribution in [0, 0.1) is 0 Å². The van der Waals surface area contributed by atoms with Gasteiger partial charge in [-0.3, -0.25) is 4.98 Å². The molecule has 0 radical (unpaired) electrons. The number of fused-ring (bicyclic) bond motifs is 4. The van der Waals surface area contributed by atoms with Gasteiger partial charge in [-0.05, 0) is 69.3 Å². The second-order valence-electron chi connectivity index (χ2n) is 10.2. The normalized spacial score (nSPS) is 15.6. The van der Waals surface area contributed by atoms with Crippen LogP contribution in [0.1, 0.15) is 22.4 Å². The standard InChI is InChI=1S/C37H24N2S/c1-2-10-28(11-3-1)37(35-16-8-9-23-38-35)31-13-5-4-12-29(31)30-22-21-27(24-32(30)37)25-17-19-26(20-18-25)36-39-33-14-6-7-15-34(33)40-36/h1-24H. The van der Waals surface area contributed by atoms with E-state index in [-0.39, 0.29) is 0 Å². The summed E-state index contributed by atoms with van der Waals surface area (Å²) >= 11 is 1.74. The third kappa shape index (κ3) is 3.41. The van der Waals surface area contributed by atoms with Gasteiger partial charge in [0.25, 0.3) is 0 Å². The maximum Gasteiger partial charge on any atom is 0.124 e. The Morgan fingerprint density at radius 3 is 2.05 bits per heavy atom. The molecule has 2 heterocycles. The van der Waals surface area contributed by atoms with Crippen molar-refractivity contribution in [3.05, 3.63) is 168 Å². The fraction of sp³-hybridized carbons (Fsp3) is 0.0270. The van der Waals surface area contributed by atoms with Crippen molar-refractivity contribution < 1.29 is 0 Å². The van der Waals surface area contributed by atoms with Crippen LogP contribution in [0.5, 0.6) is 0 Å². The van der Waals surface area contributed by atoms with Crippen molar-refractivity contribution in [3.8, 4) is 32.8 Å². The summed E-state index contributed by atoms with van der Waals surface area (Å²) in [6.45, 7) is 0. The van der Waals surface area contributed by atoms with Crippen molar-refractivity contribution in [3.63, 3.8) is 0 Å². The predicted molar refractivity (Wildman–Crippen MR) is 166 cm³/mol. The lowest BCUT2D eigenvalue weighted by molar-refractivity contribution is 0.735. The van der Waals surface area contributed by atoms with Gasteiger partial charge in [0.1, 0.15) is 5.01 Å². The van der Waals surface area contributed by atoms with Crippen molar-refractivity contribution in [2.24, 2.45) is 0 Å². The van der Waals surface area contributed by atoms with Crippen LogP contribution in [-0.4, -0.2) is 9.97 Å². The predicted octanol–water partition coefficient (Wildman–Crippen LogP) is 9.39. The molecule has 2 aromatic heterocycles. The molecule has 5 aromatic carbocycles. The number of aromatic nitrogens is 2. The first-order valence-electron chi connectivity index (χ1n) is 13.5. The first kappa shape index (κ1) is 23.1. The summed E-state index contributed by atoms with van der Waals surface area (Å²) < 4.78 is 1.21. The van der Waals surface area contributed by atoms with E-state index in [9.17, 15) is 0 Å². The van der Waals surface area contributed by atoms with E-state index in [4.69, 9.17) is 9.97 Å². The average Bonchev–Trinajstić information content (AvgIpc) is 3.60. The number of para-hydroxylation sites is 1. The van der Waals surface area contributed by atoms with Crippen LogP contribution in [0.2, 0.25) is 0 Å². The van der Waals surface area contributed by atoms with Gasteiger partial charge >= 0.3 is 0 Å². The minimum Gasteiger partial charge on any atom is -0.260 e. The second-order valence-corrected chi connectivity index (χ2v) is 11.2. The number of nitrogens with zero attached hydrogens (tertiary/aromatic N) is 2. The summed E-state index contributed by atoms with van der Waals surface area (Å²) in [5, 5.41) is 1.05. The molecule has 8 rings (SSSR count). The third-order valence-corrected chi connectivity index (χ3v) is 9.15. The molecule has 1 aliphatic carbocycles. The van der Waals surface area contributed by atoms with E-state index in [0.717, 1.165) is 21.8 Å². The Labute approximate surface area is 237 Å². The molecule has 0 aliphatic heterocycles. The molecule has 0 saturated carbocycles. The van der Waals surface area contributed by atoms with Crippen LogP contribution < -0.4 is 0 Å². The van der Waals surface area contributed by atoms with Crippen LogP contribution in [-0.2, 0) is 5.41 Å². The number of hydrogen-bond donors (Lipinski definition) is 0. The van der Waals surface area contributed by atoms with Crippen LogP contribution in [0.4, 0.5) is 0 Å². The molecule has 0 amide bonds. The molecule has 1 aliphatic rings. The van der Waals surface area contributed by atoms with E-state index < -0.39 is 5.41 Å². The van der Waals surface area contributed by atoms with Gasteiger partial charge in [0.2, 0.25) is 0 Å². The minimum atomic E-state index is -0.495. The molecular weight excluding hydrogens is 504 g/mol. The molecule has 1 unspecified atom stereocenters. The zero-order valence-electron chi connectivity index (χ0n) is 21.7. The van der Waals surface area contributed by atoms with E-state index >= 15 is 0 Å². The molecule has 0 spiro atoms. The number of thiazole rings is 1. The first-order chi connectivity index (χ1) is 19.8. The van der Waals surface area contributed by atoms with E-state index in [1.807, 2.05) is 18.3 Å². The Kier molecular flexibility index (Phi) is 5.26. The van der Waals surface area contributed by atoms with Gasteiger partial charge in [-0.15, -0.1) is 11.3 Å². The lowest BCUT2D eigenvalue weighted by Gasteiger charge is -2.32. The van der Waals surface area contributed by atoms with E-state index in [1.165, 1.54) is 43.6 Å². The largest absolute Gasteiger partial charge is 0.260 e. The number of hydrogen-bond acceptors (Lipinski definition) is 3. The average molecular weight is 529 g/mol. The Morgan fingerprint density at radius 2 is 1.23 bits per heavy atom. The summed E-state index contributed by atoms with van der Waals surface area (Å²) in [5.74, 6) is 0. The Morgan fingerprint density at radius 1 is 0.525 bits per heavy atom. The number of pyridine rings is 1. The van der Waals surface area contributed by atoms with Gasteiger partial charge in [-0.25, -0.2) is 4.98 Å². The molecule has 0 N–H and O–H groups in total. The van der Waals surface area contributed by atoms with Gasteiger partial charge < -0.3 is 0 Å². The third-order valence-electron chi connectivity index (χ3n) is 8.06. The maximum absolute atomic E-state index is 4.97. The van der Waals surface area contributed by atoms with E-state index in [1.54, 1.807) is 11.3 Å². The quantitative estimate of drug-likeness (QED) is 0.227. The maximum atomic E-state index is 4.97. The Balaban J connectivity index is 1.30. The second kappa shape index (κ2) is 9.11. The van der Waals surface area contributed by atoms with Gasteiger partial charge in [0.15, 0.2) is 0 Å². The molecule has 40 heavy (non-hydrogen) atoms. The molecule has 0 bridgehead atoms. The lowest BCUT2D eigenvalue weighted by Crippen LogP contribution is -2.29. The summed E-state index contributed by atoms with van der Waals surface area (Å²) in [5.41, 5.74) is 11.4. The summed E-state index contributed by atoms with van der Waals surface area (Å²) in [4.78, 5) is 9.82. The van der Waals surface area contributed by atoms with E-state index in [2.05, 4.69) is 127 Å². The molecule has 7 aromatic rings. The van der Waals surface area contributed by atoms with Gasteiger partial charge in [-0.1, -0.05) is 109 Å². The summed E-state index contributed by atoms with van der Waals surface area (Å²) in [7, 11) is 0. The number of benzene rings is 5. The molecule has 188 valence electrons. The molecule has 1 atom stereocenters. The highest BCUT2D eigenvalue weighted by molar-refractivity contribution is 7.21. The van der Waals surface area contributed by atoms with Crippen molar-refractivity contribution in [2.75, 3.05) is 0 Å². The topological polar surface area (TPSA) is 25.8 Å². The van der Waals surface area contributed by atoms with Gasteiger partial charge in [-0.2, -0.15) is 0 Å². The zero-order chi connectivity index (χ0) is 26.5. The SMILES string of the molecule is c1ccc(C2(c3ccccn3)c3ccccc3-c3ccc(-c4ccc(-c5nc6ccccc6s5)cc4)cc32)cc1. The lowest BCUT2D eigenvalue weighted by atomic mass is 9.69. The summed E-state index contributed by atoms with van der Waals surface area (Å²) in [6, 6.07) is 49.9. The smallest absolute Gasteiger partial charge is 0.124 e.